The molecule has 2 aliphatic rings. The van der Waals surface area contributed by atoms with Crippen LogP contribution in [0.25, 0.3) is 0 Å². The van der Waals surface area contributed by atoms with Crippen molar-refractivity contribution in [1.82, 2.24) is 9.88 Å². The predicted octanol–water partition coefficient (Wildman–Crippen LogP) is 0.948. The zero-order valence-corrected chi connectivity index (χ0v) is 11.3. The molecule has 3 rings (SSSR count). The van der Waals surface area contributed by atoms with Crippen molar-refractivity contribution in [2.75, 3.05) is 25.1 Å². The fraction of sp³-hybridized carbons (Fsp3) is 0.462. The number of carboxylic acid groups (broad SMARTS) is 1. The molecule has 1 N–H and O–H groups in total. The zero-order chi connectivity index (χ0) is 15.1. The van der Waals surface area contributed by atoms with Crippen LogP contribution in [-0.2, 0) is 4.74 Å². The van der Waals surface area contributed by atoms with Gasteiger partial charge in [-0.2, -0.15) is 4.39 Å². The number of amides is 1. The van der Waals surface area contributed by atoms with E-state index in [4.69, 9.17) is 5.11 Å². The molecule has 112 valence electrons. The number of hydrogen-bond acceptors (Lipinski definition) is 5. The Hall–Kier alpha value is -2.38. The van der Waals surface area contributed by atoms with Crippen molar-refractivity contribution in [2.45, 2.75) is 18.5 Å². The second-order valence-corrected chi connectivity index (χ2v) is 5.04. The van der Waals surface area contributed by atoms with Crippen molar-refractivity contribution >= 4 is 17.7 Å². The molecule has 1 aliphatic heterocycles. The minimum absolute atomic E-state index is 0.0184. The molecule has 0 spiro atoms. The van der Waals surface area contributed by atoms with Crippen LogP contribution in [0.3, 0.4) is 0 Å². The molecule has 21 heavy (non-hydrogen) atoms. The van der Waals surface area contributed by atoms with Crippen LogP contribution in [-0.4, -0.2) is 59.3 Å². The fourth-order valence-corrected chi connectivity index (χ4v) is 2.78. The summed E-state index contributed by atoms with van der Waals surface area (Å²) < 4.78 is 18.6. The molecule has 2 atom stereocenters. The highest BCUT2D eigenvalue weighted by atomic mass is 19.1. The number of nitrogens with zero attached hydrogens (tertiary/aromatic N) is 3. The monoisotopic (exact) mass is 295 g/mol. The molecule has 0 aromatic carbocycles. The van der Waals surface area contributed by atoms with Crippen LogP contribution >= 0.6 is 0 Å². The van der Waals surface area contributed by atoms with Gasteiger partial charge in [0, 0.05) is 13.1 Å². The summed E-state index contributed by atoms with van der Waals surface area (Å²) in [7, 11) is 1.20. The molecule has 8 heteroatoms. The van der Waals surface area contributed by atoms with Gasteiger partial charge in [0.15, 0.2) is 5.69 Å². The number of rotatable bonds is 2. The average molecular weight is 295 g/mol. The van der Waals surface area contributed by atoms with Crippen molar-refractivity contribution in [3.05, 3.63) is 23.8 Å². The summed E-state index contributed by atoms with van der Waals surface area (Å²) in [4.78, 5) is 29.1. The second kappa shape index (κ2) is 4.87. The highest BCUT2D eigenvalue weighted by Gasteiger charge is 2.51. The van der Waals surface area contributed by atoms with Crippen LogP contribution in [0.1, 0.15) is 16.9 Å². The van der Waals surface area contributed by atoms with E-state index in [9.17, 15) is 14.0 Å². The van der Waals surface area contributed by atoms with Gasteiger partial charge in [-0.05, 0) is 18.6 Å². The van der Waals surface area contributed by atoms with Crippen LogP contribution in [0.5, 0.6) is 0 Å². The van der Waals surface area contributed by atoms with E-state index in [1.807, 2.05) is 4.90 Å². The van der Waals surface area contributed by atoms with Gasteiger partial charge in [0.25, 0.3) is 0 Å². The van der Waals surface area contributed by atoms with Gasteiger partial charge in [0.1, 0.15) is 0 Å². The Morgan fingerprint density at radius 1 is 1.38 bits per heavy atom. The van der Waals surface area contributed by atoms with Crippen molar-refractivity contribution in [2.24, 2.45) is 0 Å². The summed E-state index contributed by atoms with van der Waals surface area (Å²) in [5, 5.41) is 9.04. The first-order valence-corrected chi connectivity index (χ1v) is 6.54. The number of hydrogen-bond donors (Lipinski definition) is 1. The van der Waals surface area contributed by atoms with Crippen LogP contribution in [0.2, 0.25) is 0 Å². The molecular formula is C13H14FN3O4. The highest BCUT2D eigenvalue weighted by Crippen LogP contribution is 2.39. The zero-order valence-electron chi connectivity index (χ0n) is 11.3. The van der Waals surface area contributed by atoms with Crippen molar-refractivity contribution in [1.29, 1.82) is 0 Å². The first kappa shape index (κ1) is 13.6. The van der Waals surface area contributed by atoms with E-state index in [1.165, 1.54) is 24.1 Å². The van der Waals surface area contributed by atoms with Crippen molar-refractivity contribution < 1.29 is 23.8 Å². The van der Waals surface area contributed by atoms with Gasteiger partial charge in [-0.25, -0.2) is 14.6 Å². The Bertz CT molecular complexity index is 609. The average Bonchev–Trinajstić information content (AvgIpc) is 3.25. The number of carbonyl (C=O) groups is 2. The van der Waals surface area contributed by atoms with E-state index in [0.29, 0.717) is 25.2 Å². The van der Waals surface area contributed by atoms with E-state index in [0.717, 1.165) is 0 Å². The second-order valence-electron chi connectivity index (χ2n) is 5.04. The summed E-state index contributed by atoms with van der Waals surface area (Å²) in [6.45, 7) is 0.734. The minimum atomic E-state index is -0.943. The maximum Gasteiger partial charge on any atom is 0.407 e. The standard InChI is InChI=1S/C13H14FN3O4/c1-21-12(18)7-2-3-8(11(14)15-7)16-4-5-17(13(19)20)10-6-9(10)16/h2-3,9-10H,4-6H2,1H3,(H,19,20)/t9-,10+/m0/s1. The minimum Gasteiger partial charge on any atom is -0.465 e. The Kier molecular flexibility index (Phi) is 3.15. The molecule has 0 unspecified atom stereocenters. The van der Waals surface area contributed by atoms with Gasteiger partial charge >= 0.3 is 12.1 Å². The number of methoxy groups -OCH3 is 1. The van der Waals surface area contributed by atoms with Gasteiger partial charge in [-0.3, -0.25) is 0 Å². The van der Waals surface area contributed by atoms with E-state index < -0.39 is 18.0 Å². The first-order valence-electron chi connectivity index (χ1n) is 6.54. The lowest BCUT2D eigenvalue weighted by Gasteiger charge is -2.34. The molecule has 7 nitrogen and oxygen atoms in total. The summed E-state index contributed by atoms with van der Waals surface area (Å²) in [6, 6.07) is 2.79. The molecule has 1 saturated carbocycles. The van der Waals surface area contributed by atoms with Crippen LogP contribution in [0.4, 0.5) is 14.9 Å². The number of halogens is 1. The van der Waals surface area contributed by atoms with E-state index in [2.05, 4.69) is 9.72 Å². The number of aromatic nitrogens is 1. The lowest BCUT2D eigenvalue weighted by atomic mass is 10.2. The summed E-state index contributed by atoms with van der Waals surface area (Å²) in [6.07, 6.45) is -0.258. The highest BCUT2D eigenvalue weighted by molar-refractivity contribution is 5.87. The number of fused-ring (bicyclic) bond motifs is 1. The molecule has 0 bridgehead atoms. The van der Waals surface area contributed by atoms with Crippen LogP contribution in [0.15, 0.2) is 12.1 Å². The maximum absolute atomic E-state index is 14.1. The largest absolute Gasteiger partial charge is 0.465 e. The smallest absolute Gasteiger partial charge is 0.407 e. The Labute approximate surface area is 119 Å². The van der Waals surface area contributed by atoms with Gasteiger partial charge in [-0.1, -0.05) is 0 Å². The molecule has 2 heterocycles. The summed E-state index contributed by atoms with van der Waals surface area (Å²) in [5.41, 5.74) is 0.204. The number of piperazine rings is 1. The summed E-state index contributed by atoms with van der Waals surface area (Å²) in [5.74, 6) is -1.44. The van der Waals surface area contributed by atoms with E-state index in [-0.39, 0.29) is 17.8 Å². The molecule has 1 saturated heterocycles. The fourth-order valence-electron chi connectivity index (χ4n) is 2.78. The van der Waals surface area contributed by atoms with Gasteiger partial charge in [0.05, 0.1) is 24.9 Å². The van der Waals surface area contributed by atoms with Crippen molar-refractivity contribution in [3.63, 3.8) is 0 Å². The first-order chi connectivity index (χ1) is 10.0. The third-order valence-corrected chi connectivity index (χ3v) is 3.89. The predicted molar refractivity (Wildman–Crippen MR) is 69.8 cm³/mol. The van der Waals surface area contributed by atoms with E-state index >= 15 is 0 Å². The SMILES string of the molecule is COC(=O)c1ccc(N2CCN(C(=O)O)[C@@H]3C[C@@H]32)c(F)n1. The van der Waals surface area contributed by atoms with Gasteiger partial charge in [0.2, 0.25) is 5.95 Å². The number of anilines is 1. The molecule has 1 aromatic rings. The Morgan fingerprint density at radius 2 is 2.14 bits per heavy atom. The molecule has 2 fully saturated rings. The number of esters is 1. The molecule has 1 amide bonds. The molecule has 1 aliphatic carbocycles. The Morgan fingerprint density at radius 3 is 2.76 bits per heavy atom. The summed E-state index contributed by atoms with van der Waals surface area (Å²) >= 11 is 0. The number of ether oxygens (including phenoxy) is 1. The van der Waals surface area contributed by atoms with E-state index in [1.54, 1.807) is 0 Å². The molecule has 0 radical (unpaired) electrons. The maximum atomic E-state index is 14.1. The van der Waals surface area contributed by atoms with Crippen LogP contribution in [0, 0.1) is 5.95 Å². The normalized spacial score (nSPS) is 23.5. The number of pyridine rings is 1. The quantitative estimate of drug-likeness (QED) is 0.646. The van der Waals surface area contributed by atoms with Crippen LogP contribution < -0.4 is 4.90 Å². The third-order valence-electron chi connectivity index (χ3n) is 3.89. The Balaban J connectivity index is 1.80. The van der Waals surface area contributed by atoms with Gasteiger partial charge < -0.3 is 19.6 Å². The van der Waals surface area contributed by atoms with Crippen molar-refractivity contribution in [3.8, 4) is 0 Å². The lowest BCUT2D eigenvalue weighted by molar-refractivity contribution is 0.0592. The molecule has 1 aromatic heterocycles. The number of carbonyl (C=O) groups excluding carboxylic acids is 1. The third kappa shape index (κ3) is 2.26. The molecular weight excluding hydrogens is 281 g/mol. The topological polar surface area (TPSA) is 83.0 Å². The lowest BCUT2D eigenvalue weighted by Crippen LogP contribution is -2.48. The van der Waals surface area contributed by atoms with Gasteiger partial charge in [-0.15, -0.1) is 0 Å².